The van der Waals surface area contributed by atoms with E-state index in [-0.39, 0.29) is 5.41 Å². The van der Waals surface area contributed by atoms with Crippen molar-refractivity contribution in [2.45, 2.75) is 71.9 Å². The summed E-state index contributed by atoms with van der Waals surface area (Å²) in [6.07, 6.45) is 4.09. The van der Waals surface area contributed by atoms with E-state index in [1.807, 2.05) is 0 Å². The van der Waals surface area contributed by atoms with Crippen LogP contribution in [0.1, 0.15) is 65.0 Å². The Balaban J connectivity index is 1.88. The van der Waals surface area contributed by atoms with Crippen LogP contribution in [0.15, 0.2) is 24.3 Å². The molecule has 112 valence electrons. The highest BCUT2D eigenvalue weighted by Gasteiger charge is 2.24. The monoisotopic (exact) mass is 273 g/mol. The summed E-state index contributed by atoms with van der Waals surface area (Å²) < 4.78 is 0. The molecule has 0 amide bonds. The van der Waals surface area contributed by atoms with Gasteiger partial charge in [-0.05, 0) is 47.6 Å². The maximum Gasteiger partial charge on any atom is 0.0208 e. The van der Waals surface area contributed by atoms with Gasteiger partial charge in [-0.2, -0.15) is 0 Å². The zero-order valence-corrected chi connectivity index (χ0v) is 13.9. The van der Waals surface area contributed by atoms with E-state index < -0.39 is 0 Å². The van der Waals surface area contributed by atoms with Crippen molar-refractivity contribution in [2.24, 2.45) is 11.8 Å². The molecule has 0 aromatic heterocycles. The first kappa shape index (κ1) is 15.6. The molecule has 1 saturated carbocycles. The molecule has 1 nitrogen and oxygen atoms in total. The van der Waals surface area contributed by atoms with E-state index in [9.17, 15) is 0 Å². The second-order valence-corrected chi connectivity index (χ2v) is 7.83. The van der Waals surface area contributed by atoms with E-state index in [0.29, 0.717) is 6.04 Å². The number of rotatable bonds is 3. The Morgan fingerprint density at radius 1 is 1.05 bits per heavy atom. The van der Waals surface area contributed by atoms with Crippen molar-refractivity contribution < 1.29 is 0 Å². The van der Waals surface area contributed by atoms with Gasteiger partial charge in [0.1, 0.15) is 0 Å². The van der Waals surface area contributed by atoms with Crippen LogP contribution in [0.4, 0.5) is 0 Å². The molecule has 1 aliphatic carbocycles. The van der Waals surface area contributed by atoms with E-state index in [2.05, 4.69) is 64.2 Å². The lowest BCUT2D eigenvalue weighted by Gasteiger charge is -2.33. The van der Waals surface area contributed by atoms with Crippen molar-refractivity contribution in [2.75, 3.05) is 0 Å². The third-order valence-electron chi connectivity index (χ3n) is 4.82. The quantitative estimate of drug-likeness (QED) is 0.826. The van der Waals surface area contributed by atoms with Crippen LogP contribution in [0, 0.1) is 11.8 Å². The summed E-state index contributed by atoms with van der Waals surface area (Å²) >= 11 is 0. The van der Waals surface area contributed by atoms with Crippen LogP contribution in [0.25, 0.3) is 0 Å². The molecular weight excluding hydrogens is 242 g/mol. The first-order valence-electron chi connectivity index (χ1n) is 8.19. The summed E-state index contributed by atoms with van der Waals surface area (Å²) in [5.74, 6) is 1.72. The van der Waals surface area contributed by atoms with Gasteiger partial charge in [0, 0.05) is 12.6 Å². The van der Waals surface area contributed by atoms with Gasteiger partial charge in [-0.1, -0.05) is 58.9 Å². The molecule has 1 fully saturated rings. The van der Waals surface area contributed by atoms with Gasteiger partial charge in [0.25, 0.3) is 0 Å². The Labute approximate surface area is 125 Å². The molecule has 20 heavy (non-hydrogen) atoms. The molecule has 0 saturated heterocycles. The van der Waals surface area contributed by atoms with Crippen LogP contribution in [-0.2, 0) is 12.0 Å². The van der Waals surface area contributed by atoms with Gasteiger partial charge in [0.05, 0.1) is 0 Å². The summed E-state index contributed by atoms with van der Waals surface area (Å²) in [5, 5.41) is 3.77. The zero-order valence-electron chi connectivity index (χ0n) is 13.9. The summed E-state index contributed by atoms with van der Waals surface area (Å²) in [6.45, 7) is 12.6. The standard InChI is InChI=1S/C19H31N/c1-14-6-11-18(15(2)12-14)20-13-16-7-9-17(10-8-16)19(3,4)5/h7-10,14-15,18,20H,6,11-13H2,1-5H3. The van der Waals surface area contributed by atoms with Crippen molar-refractivity contribution in [3.05, 3.63) is 35.4 Å². The van der Waals surface area contributed by atoms with E-state index in [0.717, 1.165) is 18.4 Å². The predicted molar refractivity (Wildman–Crippen MR) is 87.9 cm³/mol. The Morgan fingerprint density at radius 2 is 1.70 bits per heavy atom. The largest absolute Gasteiger partial charge is 0.310 e. The first-order valence-corrected chi connectivity index (χ1v) is 8.19. The molecule has 0 bridgehead atoms. The average Bonchev–Trinajstić information content (AvgIpc) is 2.37. The molecule has 0 spiro atoms. The van der Waals surface area contributed by atoms with Gasteiger partial charge in [0.15, 0.2) is 0 Å². The molecule has 0 radical (unpaired) electrons. The minimum absolute atomic E-state index is 0.250. The van der Waals surface area contributed by atoms with E-state index in [1.165, 1.54) is 30.4 Å². The summed E-state index contributed by atoms with van der Waals surface area (Å²) in [4.78, 5) is 0. The van der Waals surface area contributed by atoms with Crippen LogP contribution in [-0.4, -0.2) is 6.04 Å². The van der Waals surface area contributed by atoms with E-state index in [4.69, 9.17) is 0 Å². The molecule has 0 heterocycles. The molecule has 0 aliphatic heterocycles. The Hall–Kier alpha value is -0.820. The molecular formula is C19H31N. The van der Waals surface area contributed by atoms with Crippen LogP contribution in [0.3, 0.4) is 0 Å². The second-order valence-electron chi connectivity index (χ2n) is 7.83. The third kappa shape index (κ3) is 4.09. The fraction of sp³-hybridized carbons (Fsp3) is 0.684. The number of hydrogen-bond donors (Lipinski definition) is 1. The number of nitrogens with one attached hydrogen (secondary N) is 1. The summed E-state index contributed by atoms with van der Waals surface area (Å²) in [5.41, 5.74) is 3.07. The van der Waals surface area contributed by atoms with E-state index in [1.54, 1.807) is 0 Å². The highest BCUT2D eigenvalue weighted by atomic mass is 14.9. The Bertz CT molecular complexity index is 412. The second kappa shape index (κ2) is 6.30. The zero-order chi connectivity index (χ0) is 14.8. The van der Waals surface area contributed by atoms with Crippen molar-refractivity contribution >= 4 is 0 Å². The maximum absolute atomic E-state index is 3.77. The van der Waals surface area contributed by atoms with Crippen LogP contribution >= 0.6 is 0 Å². The summed E-state index contributed by atoms with van der Waals surface area (Å²) in [6, 6.07) is 9.83. The Morgan fingerprint density at radius 3 is 2.25 bits per heavy atom. The van der Waals surface area contributed by atoms with Crippen molar-refractivity contribution in [3.63, 3.8) is 0 Å². The fourth-order valence-electron chi connectivity index (χ4n) is 3.34. The molecule has 3 atom stereocenters. The highest BCUT2D eigenvalue weighted by molar-refractivity contribution is 5.27. The van der Waals surface area contributed by atoms with Gasteiger partial charge in [-0.15, -0.1) is 0 Å². The minimum atomic E-state index is 0.250. The van der Waals surface area contributed by atoms with Crippen LogP contribution in [0.5, 0.6) is 0 Å². The smallest absolute Gasteiger partial charge is 0.0208 e. The van der Waals surface area contributed by atoms with Gasteiger partial charge in [-0.3, -0.25) is 0 Å². The minimum Gasteiger partial charge on any atom is -0.310 e. The van der Waals surface area contributed by atoms with Crippen molar-refractivity contribution in [3.8, 4) is 0 Å². The molecule has 1 aliphatic rings. The van der Waals surface area contributed by atoms with Gasteiger partial charge in [0.2, 0.25) is 0 Å². The highest BCUT2D eigenvalue weighted by Crippen LogP contribution is 2.29. The number of hydrogen-bond acceptors (Lipinski definition) is 1. The van der Waals surface area contributed by atoms with Crippen LogP contribution < -0.4 is 5.32 Å². The van der Waals surface area contributed by atoms with Gasteiger partial charge in [-0.25, -0.2) is 0 Å². The topological polar surface area (TPSA) is 12.0 Å². The van der Waals surface area contributed by atoms with Gasteiger partial charge >= 0.3 is 0 Å². The van der Waals surface area contributed by atoms with Gasteiger partial charge < -0.3 is 5.32 Å². The molecule has 2 rings (SSSR count). The third-order valence-corrected chi connectivity index (χ3v) is 4.82. The van der Waals surface area contributed by atoms with Crippen LogP contribution in [0.2, 0.25) is 0 Å². The molecule has 1 aromatic carbocycles. The SMILES string of the molecule is CC1CCC(NCc2ccc(C(C)(C)C)cc2)C(C)C1. The summed E-state index contributed by atoms with van der Waals surface area (Å²) in [7, 11) is 0. The normalized spacial score (nSPS) is 27.6. The maximum atomic E-state index is 3.77. The Kier molecular flexibility index (Phi) is 4.90. The molecule has 3 unspecified atom stereocenters. The molecule has 1 N–H and O–H groups in total. The lowest BCUT2D eigenvalue weighted by atomic mass is 9.80. The molecule has 1 heteroatoms. The lowest BCUT2D eigenvalue weighted by Crippen LogP contribution is -2.38. The first-order chi connectivity index (χ1) is 9.36. The van der Waals surface area contributed by atoms with E-state index >= 15 is 0 Å². The predicted octanol–water partition coefficient (Wildman–Crippen LogP) is 4.90. The lowest BCUT2D eigenvalue weighted by molar-refractivity contribution is 0.227. The van der Waals surface area contributed by atoms with Crippen molar-refractivity contribution in [1.82, 2.24) is 5.32 Å². The average molecular weight is 273 g/mol. The fourth-order valence-corrected chi connectivity index (χ4v) is 3.34. The van der Waals surface area contributed by atoms with Crippen molar-refractivity contribution in [1.29, 1.82) is 0 Å². The molecule has 1 aromatic rings. The number of benzene rings is 1.